The Morgan fingerprint density at radius 2 is 2.17 bits per heavy atom. The Labute approximate surface area is 107 Å². The van der Waals surface area contributed by atoms with E-state index in [1.165, 1.54) is 0 Å². The van der Waals surface area contributed by atoms with Crippen molar-refractivity contribution in [2.75, 3.05) is 13.2 Å². The molecule has 1 amide bonds. The minimum Gasteiger partial charge on any atom is -0.394 e. The first-order chi connectivity index (χ1) is 8.72. The first-order valence-corrected chi connectivity index (χ1v) is 6.43. The van der Waals surface area contributed by atoms with Crippen LogP contribution in [0.2, 0.25) is 0 Å². The average Bonchev–Trinajstić information content (AvgIpc) is 2.87. The van der Waals surface area contributed by atoms with E-state index in [9.17, 15) is 9.90 Å². The van der Waals surface area contributed by atoms with Gasteiger partial charge in [-0.3, -0.25) is 4.79 Å². The standard InChI is InChI=1S/C14H20N2O2/c15-13(9-11-5-2-1-3-6-11)14(18)16-8-4-7-12(16)10-17/h1-3,5-6,12-13,17H,4,7-10,15H2/t12?,13-/m0/s1. The van der Waals surface area contributed by atoms with Crippen molar-refractivity contribution in [3.8, 4) is 0 Å². The Bertz CT molecular complexity index is 394. The molecule has 1 aromatic rings. The molecule has 0 aliphatic carbocycles. The smallest absolute Gasteiger partial charge is 0.240 e. The summed E-state index contributed by atoms with van der Waals surface area (Å²) in [5.74, 6) is -0.0459. The maximum absolute atomic E-state index is 12.2. The third kappa shape index (κ3) is 2.89. The van der Waals surface area contributed by atoms with Gasteiger partial charge >= 0.3 is 0 Å². The van der Waals surface area contributed by atoms with Crippen LogP contribution < -0.4 is 5.73 Å². The second kappa shape index (κ2) is 5.98. The molecular formula is C14H20N2O2. The van der Waals surface area contributed by atoms with E-state index in [1.807, 2.05) is 30.3 Å². The maximum atomic E-state index is 12.2. The summed E-state index contributed by atoms with van der Waals surface area (Å²) in [6.07, 6.45) is 2.38. The molecule has 0 saturated carbocycles. The lowest BCUT2D eigenvalue weighted by atomic mass is 10.1. The molecule has 0 radical (unpaired) electrons. The molecule has 1 aromatic carbocycles. The van der Waals surface area contributed by atoms with Crippen LogP contribution in [0.3, 0.4) is 0 Å². The Kier molecular flexibility index (Phi) is 4.33. The van der Waals surface area contributed by atoms with Gasteiger partial charge in [0.25, 0.3) is 0 Å². The fraction of sp³-hybridized carbons (Fsp3) is 0.500. The van der Waals surface area contributed by atoms with Gasteiger partial charge in [-0.25, -0.2) is 0 Å². The predicted molar refractivity (Wildman–Crippen MR) is 69.9 cm³/mol. The van der Waals surface area contributed by atoms with E-state index in [0.29, 0.717) is 13.0 Å². The molecule has 18 heavy (non-hydrogen) atoms. The van der Waals surface area contributed by atoms with Crippen LogP contribution in [-0.4, -0.2) is 41.1 Å². The summed E-state index contributed by atoms with van der Waals surface area (Å²) in [6, 6.07) is 9.22. The highest BCUT2D eigenvalue weighted by Gasteiger charge is 2.30. The van der Waals surface area contributed by atoms with Gasteiger partial charge in [0.15, 0.2) is 0 Å². The average molecular weight is 248 g/mol. The highest BCUT2D eigenvalue weighted by molar-refractivity contribution is 5.82. The molecule has 4 heteroatoms. The third-order valence-electron chi connectivity index (χ3n) is 3.49. The molecular weight excluding hydrogens is 228 g/mol. The highest BCUT2D eigenvalue weighted by Crippen LogP contribution is 2.18. The van der Waals surface area contributed by atoms with Crippen molar-refractivity contribution >= 4 is 5.91 Å². The lowest BCUT2D eigenvalue weighted by Gasteiger charge is -2.26. The van der Waals surface area contributed by atoms with Gasteiger partial charge in [-0.05, 0) is 24.8 Å². The fourth-order valence-electron chi connectivity index (χ4n) is 2.48. The van der Waals surface area contributed by atoms with Crippen molar-refractivity contribution in [1.82, 2.24) is 4.90 Å². The van der Waals surface area contributed by atoms with Crippen molar-refractivity contribution in [3.05, 3.63) is 35.9 Å². The zero-order valence-electron chi connectivity index (χ0n) is 10.5. The Morgan fingerprint density at radius 1 is 1.44 bits per heavy atom. The molecule has 98 valence electrons. The molecule has 0 spiro atoms. The number of hydrogen-bond donors (Lipinski definition) is 2. The molecule has 1 saturated heterocycles. The topological polar surface area (TPSA) is 66.6 Å². The monoisotopic (exact) mass is 248 g/mol. The van der Waals surface area contributed by atoms with Crippen LogP contribution in [0.1, 0.15) is 18.4 Å². The number of rotatable bonds is 4. The normalized spacial score (nSPS) is 21.0. The van der Waals surface area contributed by atoms with Crippen LogP contribution in [0, 0.1) is 0 Å². The molecule has 1 fully saturated rings. The molecule has 2 rings (SSSR count). The number of carbonyl (C=O) groups is 1. The van der Waals surface area contributed by atoms with E-state index in [4.69, 9.17) is 5.73 Å². The van der Waals surface area contributed by atoms with Crippen molar-refractivity contribution in [2.45, 2.75) is 31.3 Å². The van der Waals surface area contributed by atoms with Crippen LogP contribution in [0.15, 0.2) is 30.3 Å². The van der Waals surface area contributed by atoms with Gasteiger partial charge in [0.2, 0.25) is 5.91 Å². The highest BCUT2D eigenvalue weighted by atomic mass is 16.3. The van der Waals surface area contributed by atoms with Gasteiger partial charge in [0.1, 0.15) is 0 Å². The zero-order chi connectivity index (χ0) is 13.0. The lowest BCUT2D eigenvalue weighted by Crippen LogP contribution is -2.47. The number of nitrogens with zero attached hydrogens (tertiary/aromatic N) is 1. The number of hydrogen-bond acceptors (Lipinski definition) is 3. The summed E-state index contributed by atoms with van der Waals surface area (Å²) in [6.45, 7) is 0.746. The quantitative estimate of drug-likeness (QED) is 0.817. The summed E-state index contributed by atoms with van der Waals surface area (Å²) in [4.78, 5) is 13.9. The molecule has 0 bridgehead atoms. The summed E-state index contributed by atoms with van der Waals surface area (Å²) in [5, 5.41) is 9.22. The number of benzene rings is 1. The first kappa shape index (κ1) is 13.1. The van der Waals surface area contributed by atoms with Crippen LogP contribution in [-0.2, 0) is 11.2 Å². The van der Waals surface area contributed by atoms with E-state index in [2.05, 4.69) is 0 Å². The number of carbonyl (C=O) groups excluding carboxylic acids is 1. The number of nitrogens with two attached hydrogens (primary N) is 1. The molecule has 0 aromatic heterocycles. The van der Waals surface area contributed by atoms with Gasteiger partial charge in [-0.15, -0.1) is 0 Å². The largest absolute Gasteiger partial charge is 0.394 e. The summed E-state index contributed by atoms with van der Waals surface area (Å²) < 4.78 is 0. The van der Waals surface area contributed by atoms with Crippen LogP contribution in [0.4, 0.5) is 0 Å². The molecule has 2 atom stereocenters. The molecule has 1 heterocycles. The zero-order valence-corrected chi connectivity index (χ0v) is 10.5. The fourth-order valence-corrected chi connectivity index (χ4v) is 2.48. The number of likely N-dealkylation sites (tertiary alicyclic amines) is 1. The van der Waals surface area contributed by atoms with Gasteiger partial charge in [0, 0.05) is 6.54 Å². The lowest BCUT2D eigenvalue weighted by molar-refractivity contribution is -0.134. The van der Waals surface area contributed by atoms with Gasteiger partial charge in [-0.2, -0.15) is 0 Å². The van der Waals surface area contributed by atoms with E-state index in [0.717, 1.165) is 18.4 Å². The predicted octanol–water partition coefficient (Wildman–Crippen LogP) is 0.540. The van der Waals surface area contributed by atoms with Gasteiger partial charge in [-0.1, -0.05) is 30.3 Å². The van der Waals surface area contributed by atoms with Crippen LogP contribution in [0.5, 0.6) is 0 Å². The number of aliphatic hydroxyl groups excluding tert-OH is 1. The molecule has 1 aliphatic heterocycles. The van der Waals surface area contributed by atoms with Crippen LogP contribution in [0.25, 0.3) is 0 Å². The molecule has 3 N–H and O–H groups in total. The summed E-state index contributed by atoms with van der Waals surface area (Å²) >= 11 is 0. The summed E-state index contributed by atoms with van der Waals surface area (Å²) in [5.41, 5.74) is 7.04. The minimum absolute atomic E-state index is 0.0315. The van der Waals surface area contributed by atoms with E-state index >= 15 is 0 Å². The first-order valence-electron chi connectivity index (χ1n) is 6.43. The Morgan fingerprint density at radius 3 is 2.83 bits per heavy atom. The minimum atomic E-state index is -0.514. The van der Waals surface area contributed by atoms with E-state index < -0.39 is 6.04 Å². The molecule has 4 nitrogen and oxygen atoms in total. The van der Waals surface area contributed by atoms with E-state index in [-0.39, 0.29) is 18.6 Å². The van der Waals surface area contributed by atoms with Crippen LogP contribution >= 0.6 is 0 Å². The van der Waals surface area contributed by atoms with Crippen molar-refractivity contribution < 1.29 is 9.90 Å². The van der Waals surface area contributed by atoms with Crippen molar-refractivity contribution in [1.29, 1.82) is 0 Å². The van der Waals surface area contributed by atoms with Crippen molar-refractivity contribution in [2.24, 2.45) is 5.73 Å². The number of aliphatic hydroxyl groups is 1. The molecule has 1 unspecified atom stereocenters. The summed E-state index contributed by atoms with van der Waals surface area (Å²) in [7, 11) is 0. The number of amides is 1. The third-order valence-corrected chi connectivity index (χ3v) is 3.49. The Hall–Kier alpha value is -1.39. The van der Waals surface area contributed by atoms with Gasteiger partial charge in [0.05, 0.1) is 18.7 Å². The van der Waals surface area contributed by atoms with Crippen molar-refractivity contribution in [3.63, 3.8) is 0 Å². The maximum Gasteiger partial charge on any atom is 0.240 e. The van der Waals surface area contributed by atoms with Gasteiger partial charge < -0.3 is 15.7 Å². The second-order valence-electron chi connectivity index (χ2n) is 4.81. The SMILES string of the molecule is N[C@@H](Cc1ccccc1)C(=O)N1CCCC1CO. The Balaban J connectivity index is 1.96. The molecule has 1 aliphatic rings. The van der Waals surface area contributed by atoms with E-state index in [1.54, 1.807) is 4.90 Å². The second-order valence-corrected chi connectivity index (χ2v) is 4.81.